The normalized spacial score (nSPS) is 14.2. The molecule has 0 aliphatic carbocycles. The molecule has 0 unspecified atom stereocenters. The lowest BCUT2D eigenvalue weighted by molar-refractivity contribution is 0.0773. The largest absolute Gasteiger partial charge is 0.346 e. The quantitative estimate of drug-likeness (QED) is 0.556. The van der Waals surface area contributed by atoms with Crippen molar-refractivity contribution in [3.8, 4) is 11.3 Å². The van der Waals surface area contributed by atoms with E-state index in [1.54, 1.807) is 6.20 Å². The van der Waals surface area contributed by atoms with Gasteiger partial charge in [0.15, 0.2) is 0 Å². The second-order valence-corrected chi connectivity index (χ2v) is 7.45. The van der Waals surface area contributed by atoms with Crippen molar-refractivity contribution in [2.75, 3.05) is 13.1 Å². The maximum Gasteiger partial charge on any atom is 0.257 e. The van der Waals surface area contributed by atoms with Crippen molar-refractivity contribution < 1.29 is 4.79 Å². The van der Waals surface area contributed by atoms with Crippen molar-refractivity contribution in [1.82, 2.24) is 24.6 Å². The second-order valence-electron chi connectivity index (χ2n) is 7.45. The predicted molar refractivity (Wildman–Crippen MR) is 118 cm³/mol. The Kier molecular flexibility index (Phi) is 4.67. The molecule has 6 heteroatoms. The molecule has 0 radical (unpaired) electrons. The van der Waals surface area contributed by atoms with Gasteiger partial charge in [0.2, 0.25) is 0 Å². The highest BCUT2D eigenvalue weighted by Crippen LogP contribution is 2.30. The molecule has 1 amide bonds. The molecule has 0 spiro atoms. The minimum absolute atomic E-state index is 0.0319. The Morgan fingerprint density at radius 3 is 2.80 bits per heavy atom. The third kappa shape index (κ3) is 3.20. The zero-order valence-corrected chi connectivity index (χ0v) is 16.9. The van der Waals surface area contributed by atoms with Crippen LogP contribution in [0.5, 0.6) is 0 Å². The Morgan fingerprint density at radius 2 is 2.03 bits per heavy atom. The number of aromatic amines is 1. The van der Waals surface area contributed by atoms with Gasteiger partial charge in [0.05, 0.1) is 5.56 Å². The molecule has 4 aromatic rings. The van der Waals surface area contributed by atoms with Crippen LogP contribution in [0.1, 0.15) is 29.3 Å². The summed E-state index contributed by atoms with van der Waals surface area (Å²) in [6.07, 6.45) is 8.65. The number of rotatable bonds is 4. The number of amides is 1. The van der Waals surface area contributed by atoms with Gasteiger partial charge in [-0.3, -0.25) is 9.48 Å². The van der Waals surface area contributed by atoms with Crippen LogP contribution < -0.4 is 0 Å². The van der Waals surface area contributed by atoms with Gasteiger partial charge in [0.25, 0.3) is 5.91 Å². The van der Waals surface area contributed by atoms with Crippen molar-refractivity contribution in [3.05, 3.63) is 78.3 Å². The van der Waals surface area contributed by atoms with Gasteiger partial charge in [-0.2, -0.15) is 5.10 Å². The van der Waals surface area contributed by atoms with E-state index in [0.717, 1.165) is 35.3 Å². The van der Waals surface area contributed by atoms with Crippen LogP contribution in [0.4, 0.5) is 0 Å². The van der Waals surface area contributed by atoms with Crippen LogP contribution >= 0.6 is 0 Å². The molecule has 150 valence electrons. The molecular weight excluding hydrogens is 374 g/mol. The van der Waals surface area contributed by atoms with E-state index in [4.69, 9.17) is 0 Å². The van der Waals surface area contributed by atoms with E-state index in [9.17, 15) is 4.79 Å². The number of aryl methyl sites for hydroxylation is 1. The second kappa shape index (κ2) is 7.63. The number of hydrogen-bond donors (Lipinski definition) is 1. The van der Waals surface area contributed by atoms with Gasteiger partial charge in [0, 0.05) is 54.7 Å². The van der Waals surface area contributed by atoms with Gasteiger partial charge in [-0.15, -0.1) is 0 Å². The number of benzene rings is 1. The van der Waals surface area contributed by atoms with Crippen molar-refractivity contribution in [3.63, 3.8) is 0 Å². The number of H-pyrrole nitrogens is 1. The van der Waals surface area contributed by atoms with Gasteiger partial charge in [-0.1, -0.05) is 36.4 Å². The van der Waals surface area contributed by atoms with E-state index in [0.29, 0.717) is 18.7 Å². The third-order valence-corrected chi connectivity index (χ3v) is 5.66. The molecule has 0 bridgehead atoms. The predicted octanol–water partition coefficient (Wildman–Crippen LogP) is 4.38. The number of carbonyl (C=O) groups is 1. The topological polar surface area (TPSA) is 66.8 Å². The van der Waals surface area contributed by atoms with Crippen LogP contribution in [0.25, 0.3) is 27.9 Å². The molecule has 0 fully saturated rings. The van der Waals surface area contributed by atoms with Crippen molar-refractivity contribution >= 4 is 22.5 Å². The molecule has 0 saturated carbocycles. The first-order chi connectivity index (χ1) is 14.7. The van der Waals surface area contributed by atoms with Gasteiger partial charge in [-0.25, -0.2) is 4.98 Å². The molecule has 1 aromatic carbocycles. The van der Waals surface area contributed by atoms with E-state index >= 15 is 0 Å². The number of aromatic nitrogens is 4. The fraction of sp³-hybridized carbons (Fsp3) is 0.208. The summed E-state index contributed by atoms with van der Waals surface area (Å²) >= 11 is 0. The van der Waals surface area contributed by atoms with E-state index < -0.39 is 0 Å². The first-order valence-corrected chi connectivity index (χ1v) is 10.3. The maximum absolute atomic E-state index is 13.4. The van der Waals surface area contributed by atoms with E-state index in [-0.39, 0.29) is 5.91 Å². The molecule has 0 saturated heterocycles. The zero-order chi connectivity index (χ0) is 20.5. The number of hydrogen-bond acceptors (Lipinski definition) is 3. The molecule has 1 aliphatic heterocycles. The highest BCUT2D eigenvalue weighted by molar-refractivity contribution is 6.00. The summed E-state index contributed by atoms with van der Waals surface area (Å²) in [5.74, 6) is 0.0319. The third-order valence-electron chi connectivity index (χ3n) is 5.66. The van der Waals surface area contributed by atoms with Crippen LogP contribution in [0.15, 0.2) is 67.1 Å². The molecule has 1 aliphatic rings. The Morgan fingerprint density at radius 1 is 1.17 bits per heavy atom. The first-order valence-electron chi connectivity index (χ1n) is 10.3. The SMILES string of the molecule is CCn1cc(C(=O)N2CC=C(c3c[nH]c4ncccc34)CC2)c(-c2ccccc2)n1. The van der Waals surface area contributed by atoms with E-state index in [1.807, 2.05) is 65.3 Å². The lowest BCUT2D eigenvalue weighted by atomic mass is 9.99. The summed E-state index contributed by atoms with van der Waals surface area (Å²) in [6.45, 7) is 4.03. The molecule has 6 nitrogen and oxygen atoms in total. The summed E-state index contributed by atoms with van der Waals surface area (Å²) in [5, 5.41) is 5.77. The van der Waals surface area contributed by atoms with Gasteiger partial charge >= 0.3 is 0 Å². The number of carbonyl (C=O) groups excluding carboxylic acids is 1. The standard InChI is InChI=1S/C24H23N5O/c1-2-29-16-21(22(27-29)18-7-4-3-5-8-18)24(30)28-13-10-17(11-14-28)20-15-26-23-19(20)9-6-12-25-23/h3-10,12,15-16H,2,11,13-14H2,1H3,(H,25,26). The number of pyridine rings is 1. The molecule has 3 aromatic heterocycles. The summed E-state index contributed by atoms with van der Waals surface area (Å²) in [7, 11) is 0. The Balaban J connectivity index is 1.42. The van der Waals surface area contributed by atoms with Crippen molar-refractivity contribution in [2.24, 2.45) is 0 Å². The van der Waals surface area contributed by atoms with Crippen LogP contribution in [0.3, 0.4) is 0 Å². The summed E-state index contributed by atoms with van der Waals surface area (Å²) in [5.41, 5.74) is 5.70. The lowest BCUT2D eigenvalue weighted by Gasteiger charge is -2.26. The summed E-state index contributed by atoms with van der Waals surface area (Å²) < 4.78 is 1.83. The lowest BCUT2D eigenvalue weighted by Crippen LogP contribution is -2.34. The Hall–Kier alpha value is -3.67. The van der Waals surface area contributed by atoms with Crippen LogP contribution in [0, 0.1) is 0 Å². The van der Waals surface area contributed by atoms with Crippen molar-refractivity contribution in [2.45, 2.75) is 19.9 Å². The molecule has 4 heterocycles. The van der Waals surface area contributed by atoms with Crippen LogP contribution in [0.2, 0.25) is 0 Å². The number of fused-ring (bicyclic) bond motifs is 1. The molecule has 1 N–H and O–H groups in total. The fourth-order valence-electron chi connectivity index (χ4n) is 4.04. The Bertz CT molecular complexity index is 1230. The zero-order valence-electron chi connectivity index (χ0n) is 16.9. The highest BCUT2D eigenvalue weighted by atomic mass is 16.2. The van der Waals surface area contributed by atoms with Gasteiger partial charge in [0.1, 0.15) is 11.3 Å². The molecule has 0 atom stereocenters. The van der Waals surface area contributed by atoms with Gasteiger partial charge in [-0.05, 0) is 31.1 Å². The number of nitrogens with zero attached hydrogens (tertiary/aromatic N) is 4. The van der Waals surface area contributed by atoms with E-state index in [2.05, 4.69) is 27.2 Å². The average molecular weight is 397 g/mol. The fourth-order valence-corrected chi connectivity index (χ4v) is 4.04. The molecular formula is C24H23N5O. The maximum atomic E-state index is 13.4. The molecule has 5 rings (SSSR count). The van der Waals surface area contributed by atoms with Crippen LogP contribution in [-0.2, 0) is 6.54 Å². The number of nitrogens with one attached hydrogen (secondary N) is 1. The minimum atomic E-state index is 0.0319. The highest BCUT2D eigenvalue weighted by Gasteiger charge is 2.25. The smallest absolute Gasteiger partial charge is 0.257 e. The Labute approximate surface area is 174 Å². The average Bonchev–Trinajstić information content (AvgIpc) is 3.44. The first kappa shape index (κ1) is 18.4. The monoisotopic (exact) mass is 397 g/mol. The summed E-state index contributed by atoms with van der Waals surface area (Å²) in [6, 6.07) is 13.9. The van der Waals surface area contributed by atoms with E-state index in [1.165, 1.54) is 11.1 Å². The molecule has 30 heavy (non-hydrogen) atoms. The minimum Gasteiger partial charge on any atom is -0.346 e. The summed E-state index contributed by atoms with van der Waals surface area (Å²) in [4.78, 5) is 22.9. The van der Waals surface area contributed by atoms with Crippen molar-refractivity contribution in [1.29, 1.82) is 0 Å². The van der Waals surface area contributed by atoms with Gasteiger partial charge < -0.3 is 9.88 Å². The van der Waals surface area contributed by atoms with Crippen LogP contribution in [-0.4, -0.2) is 43.6 Å².